The predicted molar refractivity (Wildman–Crippen MR) is 75.8 cm³/mol. The van der Waals surface area contributed by atoms with Crippen LogP contribution in [0.1, 0.15) is 23.7 Å². The van der Waals surface area contributed by atoms with Crippen LogP contribution in [0.5, 0.6) is 0 Å². The van der Waals surface area contributed by atoms with Crippen LogP contribution in [0, 0.1) is 0 Å². The number of nitrogens with two attached hydrogens (primary N) is 1. The minimum Gasteiger partial charge on any atom is -0.399 e. The van der Waals surface area contributed by atoms with Gasteiger partial charge in [-0.1, -0.05) is 18.5 Å². The molecule has 0 radical (unpaired) electrons. The number of hydrogen-bond acceptors (Lipinski definition) is 3. The summed E-state index contributed by atoms with van der Waals surface area (Å²) in [5.41, 5.74) is 6.62. The molecule has 0 aromatic heterocycles. The molecule has 1 atom stereocenters. The van der Waals surface area contributed by atoms with Crippen LogP contribution >= 0.6 is 23.4 Å². The lowest BCUT2D eigenvalue weighted by molar-refractivity contribution is 0.0940. The molecule has 3 N–H and O–H groups in total. The molecular weight excluding hydrogens is 256 g/mol. The molecule has 0 aliphatic carbocycles. The number of thioether (sulfide) groups is 1. The van der Waals surface area contributed by atoms with Crippen molar-refractivity contribution in [2.75, 3.05) is 17.7 Å². The fourth-order valence-corrected chi connectivity index (χ4v) is 2.37. The second-order valence-corrected chi connectivity index (χ2v) is 5.09. The molecule has 0 aliphatic rings. The van der Waals surface area contributed by atoms with E-state index < -0.39 is 0 Å². The number of hydrogen-bond donors (Lipinski definition) is 2. The number of benzene rings is 1. The van der Waals surface area contributed by atoms with Crippen molar-refractivity contribution in [3.8, 4) is 0 Å². The first-order valence-electron chi connectivity index (χ1n) is 5.43. The third-order valence-corrected chi connectivity index (χ3v) is 3.50. The number of nitrogen functional groups attached to an aromatic ring is 1. The van der Waals surface area contributed by atoms with Crippen LogP contribution in [0.25, 0.3) is 0 Å². The molecule has 3 nitrogen and oxygen atoms in total. The summed E-state index contributed by atoms with van der Waals surface area (Å²) in [6.07, 6.45) is 2.91. The molecule has 5 heteroatoms. The van der Waals surface area contributed by atoms with Gasteiger partial charge in [0.2, 0.25) is 0 Å². The Labute approximate surface area is 111 Å². The first kappa shape index (κ1) is 14.2. The zero-order valence-electron chi connectivity index (χ0n) is 10.00. The molecule has 94 valence electrons. The Hall–Kier alpha value is -0.870. The number of carbonyl (C=O) groups excluding carboxylic acids is 1. The summed E-state index contributed by atoms with van der Waals surface area (Å²) in [5, 5.41) is 3.38. The standard InChI is InChI=1S/C12H17ClN2OS/c1-3-9(7-17-2)15-12(16)10-6-8(14)4-5-11(10)13/h4-6,9H,3,7,14H2,1-2H3,(H,15,16). The van der Waals surface area contributed by atoms with Gasteiger partial charge < -0.3 is 11.1 Å². The lowest BCUT2D eigenvalue weighted by atomic mass is 10.1. The highest BCUT2D eigenvalue weighted by Gasteiger charge is 2.14. The van der Waals surface area contributed by atoms with Crippen molar-refractivity contribution in [1.82, 2.24) is 5.32 Å². The zero-order chi connectivity index (χ0) is 12.8. The predicted octanol–water partition coefficient (Wildman–Crippen LogP) is 2.79. The van der Waals surface area contributed by atoms with Crippen LogP contribution < -0.4 is 11.1 Å². The van der Waals surface area contributed by atoms with Crippen LogP contribution in [0.3, 0.4) is 0 Å². The van der Waals surface area contributed by atoms with Gasteiger partial charge in [-0.2, -0.15) is 11.8 Å². The largest absolute Gasteiger partial charge is 0.399 e. The number of amides is 1. The Bertz CT molecular complexity index is 398. The Balaban J connectivity index is 2.78. The fraction of sp³-hybridized carbons (Fsp3) is 0.417. The quantitative estimate of drug-likeness (QED) is 0.811. The average molecular weight is 273 g/mol. The van der Waals surface area contributed by atoms with Gasteiger partial charge in [0.1, 0.15) is 0 Å². The molecular formula is C12H17ClN2OS. The van der Waals surface area contributed by atoms with E-state index in [2.05, 4.69) is 5.32 Å². The van der Waals surface area contributed by atoms with Gasteiger partial charge in [-0.25, -0.2) is 0 Å². The minimum atomic E-state index is -0.164. The van der Waals surface area contributed by atoms with Crippen molar-refractivity contribution in [3.63, 3.8) is 0 Å². The Morgan fingerprint density at radius 3 is 2.88 bits per heavy atom. The smallest absolute Gasteiger partial charge is 0.253 e. The van der Waals surface area contributed by atoms with Gasteiger partial charge in [-0.05, 0) is 30.9 Å². The van der Waals surface area contributed by atoms with Gasteiger partial charge >= 0.3 is 0 Å². The van der Waals surface area contributed by atoms with E-state index in [0.29, 0.717) is 16.3 Å². The van der Waals surface area contributed by atoms with Gasteiger partial charge in [0, 0.05) is 17.5 Å². The fourth-order valence-electron chi connectivity index (χ4n) is 1.44. The second kappa shape index (κ2) is 6.77. The normalized spacial score (nSPS) is 12.2. The van der Waals surface area contributed by atoms with Gasteiger partial charge in [0.15, 0.2) is 0 Å². The highest BCUT2D eigenvalue weighted by Crippen LogP contribution is 2.19. The highest BCUT2D eigenvalue weighted by atomic mass is 35.5. The molecule has 0 spiro atoms. The molecule has 1 aromatic rings. The van der Waals surface area contributed by atoms with Crippen molar-refractivity contribution in [2.45, 2.75) is 19.4 Å². The second-order valence-electron chi connectivity index (χ2n) is 3.77. The number of halogens is 1. The summed E-state index contributed by atoms with van der Waals surface area (Å²) in [7, 11) is 0. The Morgan fingerprint density at radius 2 is 2.29 bits per heavy atom. The molecule has 1 amide bonds. The van der Waals surface area contributed by atoms with E-state index in [1.165, 1.54) is 0 Å². The number of anilines is 1. The number of carbonyl (C=O) groups is 1. The molecule has 1 unspecified atom stereocenters. The Kier molecular flexibility index (Phi) is 5.65. The van der Waals surface area contributed by atoms with Gasteiger partial charge in [-0.3, -0.25) is 4.79 Å². The van der Waals surface area contributed by atoms with Crippen molar-refractivity contribution in [1.29, 1.82) is 0 Å². The molecule has 1 rings (SSSR count). The first-order chi connectivity index (χ1) is 8.08. The average Bonchev–Trinajstić information content (AvgIpc) is 2.31. The number of nitrogens with one attached hydrogen (secondary N) is 1. The van der Waals surface area contributed by atoms with E-state index in [1.807, 2.05) is 13.2 Å². The van der Waals surface area contributed by atoms with E-state index in [0.717, 1.165) is 12.2 Å². The Morgan fingerprint density at radius 1 is 1.59 bits per heavy atom. The maximum Gasteiger partial charge on any atom is 0.253 e. The lowest BCUT2D eigenvalue weighted by Gasteiger charge is -2.16. The van der Waals surface area contributed by atoms with E-state index >= 15 is 0 Å². The molecule has 1 aromatic carbocycles. The highest BCUT2D eigenvalue weighted by molar-refractivity contribution is 7.98. The van der Waals surface area contributed by atoms with Crippen LogP contribution in [-0.2, 0) is 0 Å². The van der Waals surface area contributed by atoms with Crippen molar-refractivity contribution < 1.29 is 4.79 Å². The summed E-state index contributed by atoms with van der Waals surface area (Å²) >= 11 is 7.68. The lowest BCUT2D eigenvalue weighted by Crippen LogP contribution is -2.36. The molecule has 0 bridgehead atoms. The summed E-state index contributed by atoms with van der Waals surface area (Å²) in [4.78, 5) is 12.0. The maximum atomic E-state index is 12.0. The van der Waals surface area contributed by atoms with Crippen LogP contribution in [-0.4, -0.2) is 24.0 Å². The van der Waals surface area contributed by atoms with Gasteiger partial charge in [0.05, 0.1) is 10.6 Å². The third-order valence-electron chi connectivity index (χ3n) is 2.43. The molecule has 17 heavy (non-hydrogen) atoms. The maximum absolute atomic E-state index is 12.0. The third kappa shape index (κ3) is 4.13. The molecule has 0 saturated heterocycles. The van der Waals surface area contributed by atoms with Gasteiger partial charge in [0.25, 0.3) is 5.91 Å². The van der Waals surface area contributed by atoms with Gasteiger partial charge in [-0.15, -0.1) is 0 Å². The first-order valence-corrected chi connectivity index (χ1v) is 7.20. The van der Waals surface area contributed by atoms with Crippen molar-refractivity contribution >= 4 is 35.0 Å². The molecule has 0 aliphatic heterocycles. The summed E-state index contributed by atoms with van der Waals surface area (Å²) in [5.74, 6) is 0.727. The molecule has 0 fully saturated rings. The van der Waals surface area contributed by atoms with Crippen molar-refractivity contribution in [3.05, 3.63) is 28.8 Å². The monoisotopic (exact) mass is 272 g/mol. The summed E-state index contributed by atoms with van der Waals surface area (Å²) in [6.45, 7) is 2.04. The topological polar surface area (TPSA) is 55.1 Å². The van der Waals surface area contributed by atoms with Crippen molar-refractivity contribution in [2.24, 2.45) is 0 Å². The summed E-state index contributed by atoms with van der Waals surface area (Å²) in [6, 6.07) is 5.08. The molecule has 0 heterocycles. The summed E-state index contributed by atoms with van der Waals surface area (Å²) < 4.78 is 0. The van der Waals surface area contributed by atoms with Crippen LogP contribution in [0.4, 0.5) is 5.69 Å². The van der Waals surface area contributed by atoms with E-state index in [-0.39, 0.29) is 11.9 Å². The molecule has 0 saturated carbocycles. The van der Waals surface area contributed by atoms with Crippen LogP contribution in [0.15, 0.2) is 18.2 Å². The van der Waals surface area contributed by atoms with E-state index in [4.69, 9.17) is 17.3 Å². The van der Waals surface area contributed by atoms with Crippen LogP contribution in [0.2, 0.25) is 5.02 Å². The number of rotatable bonds is 5. The zero-order valence-corrected chi connectivity index (χ0v) is 11.6. The minimum absolute atomic E-state index is 0.162. The van der Waals surface area contributed by atoms with E-state index in [9.17, 15) is 4.79 Å². The SMILES string of the molecule is CCC(CSC)NC(=O)c1cc(N)ccc1Cl. The van der Waals surface area contributed by atoms with E-state index in [1.54, 1.807) is 30.0 Å².